The normalized spacial score (nSPS) is 11.8. The number of benzene rings is 1. The Bertz CT molecular complexity index is 783. The van der Waals surface area contributed by atoms with Crippen molar-refractivity contribution in [1.82, 2.24) is 0 Å². The van der Waals surface area contributed by atoms with Gasteiger partial charge in [-0.3, -0.25) is 0 Å². The molecule has 5 nitrogen and oxygen atoms in total. The number of nitriles is 1. The van der Waals surface area contributed by atoms with Gasteiger partial charge in [-0.05, 0) is 13.0 Å². The van der Waals surface area contributed by atoms with Gasteiger partial charge in [-0.1, -0.05) is 18.2 Å². The maximum atomic E-state index is 13.8. The largest absolute Gasteiger partial charge is 0.462 e. The van der Waals surface area contributed by atoms with Crippen LogP contribution in [0.3, 0.4) is 0 Å². The van der Waals surface area contributed by atoms with Crippen LogP contribution >= 0.6 is 11.3 Å². The summed E-state index contributed by atoms with van der Waals surface area (Å²) in [4.78, 5) is 13.4. The summed E-state index contributed by atoms with van der Waals surface area (Å²) in [6, 6.07) is 8.60. The summed E-state index contributed by atoms with van der Waals surface area (Å²) in [5.41, 5.74) is 7.30. The highest BCUT2D eigenvalue weighted by atomic mass is 32.1. The van der Waals surface area contributed by atoms with E-state index in [0.717, 1.165) is 16.2 Å². The Labute approximate surface area is 144 Å². The van der Waals surface area contributed by atoms with Crippen molar-refractivity contribution in [2.75, 3.05) is 19.4 Å². The zero-order valence-electron chi connectivity index (χ0n) is 13.6. The summed E-state index contributed by atoms with van der Waals surface area (Å²) < 4.78 is 18.8. The molecule has 1 aromatic heterocycles. The lowest BCUT2D eigenvalue weighted by Crippen LogP contribution is -3.06. The first-order valence-electron chi connectivity index (χ1n) is 7.51. The van der Waals surface area contributed by atoms with Crippen molar-refractivity contribution >= 4 is 22.3 Å². The van der Waals surface area contributed by atoms with Gasteiger partial charge in [0.25, 0.3) is 0 Å². The fourth-order valence-electron chi connectivity index (χ4n) is 2.47. The van der Waals surface area contributed by atoms with Crippen molar-refractivity contribution < 1.29 is 18.8 Å². The molecule has 0 fully saturated rings. The van der Waals surface area contributed by atoms with E-state index in [1.165, 1.54) is 6.07 Å². The van der Waals surface area contributed by atoms with E-state index in [4.69, 9.17) is 10.5 Å². The number of hydrogen-bond donors (Lipinski definition) is 2. The molecule has 1 heterocycles. The van der Waals surface area contributed by atoms with Gasteiger partial charge >= 0.3 is 5.97 Å². The molecule has 1 aromatic carbocycles. The van der Waals surface area contributed by atoms with Gasteiger partial charge in [0.05, 0.1) is 24.8 Å². The van der Waals surface area contributed by atoms with Crippen LogP contribution in [-0.4, -0.2) is 19.6 Å². The Hall–Kier alpha value is -2.43. The molecule has 0 aliphatic heterocycles. The first-order valence-corrected chi connectivity index (χ1v) is 8.32. The van der Waals surface area contributed by atoms with Crippen LogP contribution in [0.25, 0.3) is 0 Å². The number of carbonyl (C=O) groups excluding carboxylic acids is 1. The average Bonchev–Trinajstić information content (AvgIpc) is 2.85. The molecular weight excluding hydrogens is 329 g/mol. The Morgan fingerprint density at radius 2 is 2.12 bits per heavy atom. The third-order valence-electron chi connectivity index (χ3n) is 3.54. The molecular formula is C17H19FN3O2S+. The molecule has 0 aliphatic rings. The maximum Gasteiger partial charge on any atom is 0.348 e. The van der Waals surface area contributed by atoms with E-state index < -0.39 is 5.97 Å². The van der Waals surface area contributed by atoms with Gasteiger partial charge in [0.15, 0.2) is 0 Å². The topological polar surface area (TPSA) is 80.5 Å². The van der Waals surface area contributed by atoms with E-state index in [1.54, 1.807) is 25.1 Å². The number of nitrogens with one attached hydrogen (secondary N) is 1. The minimum Gasteiger partial charge on any atom is -0.462 e. The van der Waals surface area contributed by atoms with Crippen LogP contribution in [0.5, 0.6) is 0 Å². The summed E-state index contributed by atoms with van der Waals surface area (Å²) in [5.74, 6) is -0.753. The molecule has 2 rings (SSSR count). The van der Waals surface area contributed by atoms with E-state index in [9.17, 15) is 14.4 Å². The molecule has 0 spiro atoms. The van der Waals surface area contributed by atoms with Gasteiger partial charge in [0.2, 0.25) is 0 Å². The van der Waals surface area contributed by atoms with E-state index in [-0.39, 0.29) is 12.4 Å². The first-order chi connectivity index (χ1) is 11.5. The van der Waals surface area contributed by atoms with Gasteiger partial charge in [-0.15, -0.1) is 11.3 Å². The number of rotatable bonds is 6. The summed E-state index contributed by atoms with van der Waals surface area (Å²) in [6.45, 7) is 2.76. The molecule has 0 bridgehead atoms. The second kappa shape index (κ2) is 7.90. The molecule has 0 saturated heterocycles. The van der Waals surface area contributed by atoms with Gasteiger partial charge in [0, 0.05) is 5.56 Å². The van der Waals surface area contributed by atoms with Crippen LogP contribution in [0.15, 0.2) is 24.3 Å². The fourth-order valence-corrected chi connectivity index (χ4v) is 3.40. The SMILES string of the molecule is CCOC(=O)c1sc(N)c(C#N)c1C[NH+](C)Cc1ccccc1F. The molecule has 3 N–H and O–H groups in total. The minimum absolute atomic E-state index is 0.246. The second-order valence-electron chi connectivity index (χ2n) is 5.38. The number of nitrogens with two attached hydrogens (primary N) is 1. The monoisotopic (exact) mass is 348 g/mol. The van der Waals surface area contributed by atoms with Crippen molar-refractivity contribution in [1.29, 1.82) is 5.26 Å². The van der Waals surface area contributed by atoms with E-state index in [1.807, 2.05) is 7.05 Å². The molecule has 1 unspecified atom stereocenters. The quantitative estimate of drug-likeness (QED) is 0.779. The zero-order valence-corrected chi connectivity index (χ0v) is 14.4. The van der Waals surface area contributed by atoms with E-state index in [2.05, 4.69) is 6.07 Å². The lowest BCUT2D eigenvalue weighted by Gasteiger charge is -2.15. The molecule has 0 radical (unpaired) electrons. The molecule has 1 atom stereocenters. The number of hydrogen-bond acceptors (Lipinski definition) is 5. The third-order valence-corrected chi connectivity index (χ3v) is 4.58. The van der Waals surface area contributed by atoms with Crippen molar-refractivity contribution in [2.24, 2.45) is 0 Å². The highest BCUT2D eigenvalue weighted by Gasteiger charge is 2.25. The standard InChI is InChI=1S/C17H18FN3O2S/c1-3-23-17(22)15-13(12(8-19)16(20)24-15)10-21(2)9-11-6-4-5-7-14(11)18/h4-7H,3,9-10,20H2,1-2H3/p+1. The van der Waals surface area contributed by atoms with Gasteiger partial charge in [-0.25, -0.2) is 9.18 Å². The van der Waals surface area contributed by atoms with Crippen molar-refractivity contribution in [2.45, 2.75) is 20.0 Å². The number of nitrogens with zero attached hydrogens (tertiary/aromatic N) is 1. The number of thiophene rings is 1. The summed E-state index contributed by atoms with van der Waals surface area (Å²) in [5, 5.41) is 9.63. The minimum atomic E-state index is -0.482. The van der Waals surface area contributed by atoms with Gasteiger partial charge in [-0.2, -0.15) is 5.26 Å². The van der Waals surface area contributed by atoms with Gasteiger partial charge < -0.3 is 15.4 Å². The van der Waals surface area contributed by atoms with Crippen LogP contribution in [0.2, 0.25) is 0 Å². The Morgan fingerprint density at radius 1 is 1.42 bits per heavy atom. The lowest BCUT2D eigenvalue weighted by atomic mass is 10.1. The Kier molecular flexibility index (Phi) is 5.90. The highest BCUT2D eigenvalue weighted by Crippen LogP contribution is 2.30. The van der Waals surface area contributed by atoms with E-state index >= 15 is 0 Å². The molecule has 7 heteroatoms. The average molecular weight is 348 g/mol. The molecule has 2 aromatic rings. The molecule has 24 heavy (non-hydrogen) atoms. The van der Waals surface area contributed by atoms with Crippen molar-refractivity contribution in [3.8, 4) is 6.07 Å². The lowest BCUT2D eigenvalue weighted by molar-refractivity contribution is -0.907. The molecule has 0 amide bonds. The maximum absolute atomic E-state index is 13.8. The van der Waals surface area contributed by atoms with Crippen LogP contribution in [-0.2, 0) is 17.8 Å². The van der Waals surface area contributed by atoms with Crippen molar-refractivity contribution in [3.05, 3.63) is 51.7 Å². The molecule has 126 valence electrons. The molecule has 0 aliphatic carbocycles. The number of halogens is 1. The second-order valence-corrected chi connectivity index (χ2v) is 6.44. The van der Waals surface area contributed by atoms with Gasteiger partial charge in [0.1, 0.15) is 34.9 Å². The van der Waals surface area contributed by atoms with Crippen molar-refractivity contribution in [3.63, 3.8) is 0 Å². The zero-order chi connectivity index (χ0) is 17.7. The molecule has 0 saturated carbocycles. The number of ether oxygens (including phenoxy) is 1. The summed E-state index contributed by atoms with van der Waals surface area (Å²) in [6.07, 6.45) is 0. The Balaban J connectivity index is 2.26. The van der Waals surface area contributed by atoms with Crippen LogP contribution in [0.1, 0.15) is 33.3 Å². The van der Waals surface area contributed by atoms with E-state index in [0.29, 0.717) is 39.7 Å². The predicted octanol–water partition coefficient (Wildman–Crippen LogP) is 1.73. The number of anilines is 1. The number of carbonyl (C=O) groups is 1. The van der Waals surface area contributed by atoms with Crippen LogP contribution in [0.4, 0.5) is 9.39 Å². The third kappa shape index (κ3) is 3.91. The van der Waals surface area contributed by atoms with Crippen LogP contribution in [0, 0.1) is 17.1 Å². The fraction of sp³-hybridized carbons (Fsp3) is 0.294. The number of quaternary nitrogens is 1. The Morgan fingerprint density at radius 3 is 2.75 bits per heavy atom. The smallest absolute Gasteiger partial charge is 0.348 e. The number of nitrogen functional groups attached to an aromatic ring is 1. The van der Waals surface area contributed by atoms with Crippen LogP contribution < -0.4 is 10.6 Å². The number of esters is 1. The first kappa shape index (κ1) is 17.9. The summed E-state index contributed by atoms with van der Waals surface area (Å²) >= 11 is 1.06. The summed E-state index contributed by atoms with van der Waals surface area (Å²) in [7, 11) is 1.87. The predicted molar refractivity (Wildman–Crippen MR) is 90.1 cm³/mol. The highest BCUT2D eigenvalue weighted by molar-refractivity contribution is 7.18.